The van der Waals surface area contributed by atoms with Crippen LogP contribution in [0.4, 0.5) is 0 Å². The number of nitrogens with one attached hydrogen (secondary N) is 2. The molecule has 1 saturated heterocycles. The Labute approximate surface area is 110 Å². The molecule has 4 nitrogen and oxygen atoms in total. The van der Waals surface area contributed by atoms with E-state index in [1.54, 1.807) is 0 Å². The molecular weight excluding hydrogens is 248 g/mol. The molecule has 5 heteroatoms. The zero-order chi connectivity index (χ0) is 12.5. The quantitative estimate of drug-likeness (QED) is 0.855. The third-order valence-electron chi connectivity index (χ3n) is 3.58. The van der Waals surface area contributed by atoms with Crippen LogP contribution >= 0.6 is 11.3 Å². The highest BCUT2D eigenvalue weighted by atomic mass is 32.1. The van der Waals surface area contributed by atoms with Crippen molar-refractivity contribution in [2.45, 2.75) is 32.2 Å². The zero-order valence-corrected chi connectivity index (χ0v) is 10.9. The molecule has 3 rings (SSSR count). The Balaban J connectivity index is 1.54. The first kappa shape index (κ1) is 11.7. The summed E-state index contributed by atoms with van der Waals surface area (Å²) in [6.45, 7) is 1.08. The summed E-state index contributed by atoms with van der Waals surface area (Å²) in [6.07, 6.45) is 3.96. The molecule has 1 fully saturated rings. The Bertz CT molecular complexity index is 474. The highest BCUT2D eigenvalue weighted by molar-refractivity contribution is 7.12. The molecule has 1 aliphatic heterocycles. The predicted molar refractivity (Wildman–Crippen MR) is 69.3 cm³/mol. The number of aryl methyl sites for hydroxylation is 2. The number of rotatable bonds is 3. The predicted octanol–water partition coefficient (Wildman–Crippen LogP) is 0.989. The van der Waals surface area contributed by atoms with Gasteiger partial charge in [-0.2, -0.15) is 0 Å². The molecular formula is C13H16N2O2S. The molecule has 0 radical (unpaired) electrons. The largest absolute Gasteiger partial charge is 0.355 e. The Morgan fingerprint density at radius 1 is 1.50 bits per heavy atom. The first-order chi connectivity index (χ1) is 8.72. The Kier molecular flexibility index (Phi) is 3.07. The van der Waals surface area contributed by atoms with Crippen molar-refractivity contribution >= 4 is 23.2 Å². The van der Waals surface area contributed by atoms with Gasteiger partial charge in [0, 0.05) is 22.7 Å². The van der Waals surface area contributed by atoms with Crippen molar-refractivity contribution in [2.24, 2.45) is 5.92 Å². The smallest absolute Gasteiger partial charge is 0.225 e. The molecule has 18 heavy (non-hydrogen) atoms. The van der Waals surface area contributed by atoms with Gasteiger partial charge < -0.3 is 10.6 Å². The minimum atomic E-state index is -0.190. The van der Waals surface area contributed by atoms with Gasteiger partial charge in [-0.15, -0.1) is 11.3 Å². The first-order valence-corrected chi connectivity index (χ1v) is 7.19. The highest BCUT2D eigenvalue weighted by Crippen LogP contribution is 2.30. The molecule has 2 N–H and O–H groups in total. The average molecular weight is 264 g/mol. The summed E-state index contributed by atoms with van der Waals surface area (Å²) < 4.78 is 0. The van der Waals surface area contributed by atoms with Gasteiger partial charge in [0.15, 0.2) is 0 Å². The second kappa shape index (κ2) is 4.72. The van der Waals surface area contributed by atoms with Gasteiger partial charge in [-0.3, -0.25) is 9.59 Å². The molecule has 0 spiro atoms. The molecule has 1 unspecified atom stereocenters. The van der Waals surface area contributed by atoms with Crippen molar-refractivity contribution in [2.75, 3.05) is 6.54 Å². The van der Waals surface area contributed by atoms with E-state index in [0.717, 1.165) is 0 Å². The molecule has 2 aliphatic rings. The Hall–Kier alpha value is -1.36. The summed E-state index contributed by atoms with van der Waals surface area (Å²) in [5.41, 5.74) is 1.46. The highest BCUT2D eigenvalue weighted by Gasteiger charge is 2.27. The van der Waals surface area contributed by atoms with E-state index in [1.165, 1.54) is 34.6 Å². The molecule has 1 aliphatic carbocycles. The molecule has 0 aromatic carbocycles. The summed E-state index contributed by atoms with van der Waals surface area (Å²) in [7, 11) is 0. The van der Waals surface area contributed by atoms with Gasteiger partial charge >= 0.3 is 0 Å². The van der Waals surface area contributed by atoms with Crippen molar-refractivity contribution < 1.29 is 9.59 Å². The van der Waals surface area contributed by atoms with Crippen molar-refractivity contribution in [3.8, 4) is 0 Å². The fourth-order valence-electron chi connectivity index (χ4n) is 2.59. The number of carbonyl (C=O) groups excluding carboxylic acids is 2. The van der Waals surface area contributed by atoms with Gasteiger partial charge in [0.1, 0.15) is 0 Å². The average Bonchev–Trinajstić information content (AvgIpc) is 3.00. The van der Waals surface area contributed by atoms with Crippen LogP contribution in [0.1, 0.15) is 28.2 Å². The summed E-state index contributed by atoms with van der Waals surface area (Å²) in [5.74, 6) is -0.225. The van der Waals surface area contributed by atoms with E-state index in [0.29, 0.717) is 19.5 Å². The van der Waals surface area contributed by atoms with Crippen LogP contribution in [-0.2, 0) is 29.0 Å². The standard InChI is InChI=1S/C13H16N2O2S/c16-12-5-9(6-14-12)13(17)15-7-10-4-8-2-1-3-11(8)18-10/h4,9H,1-3,5-7H2,(H,14,16)(H,15,17). The SMILES string of the molecule is O=C1CC(C(=O)NCc2cc3c(s2)CCC3)CN1. The van der Waals surface area contributed by atoms with Crippen LogP contribution < -0.4 is 10.6 Å². The lowest BCUT2D eigenvalue weighted by Crippen LogP contribution is -2.31. The van der Waals surface area contributed by atoms with Crippen LogP contribution in [-0.4, -0.2) is 18.4 Å². The summed E-state index contributed by atoms with van der Waals surface area (Å²) in [6, 6.07) is 2.21. The Morgan fingerprint density at radius 3 is 3.11 bits per heavy atom. The van der Waals surface area contributed by atoms with Crippen LogP contribution in [0.15, 0.2) is 6.07 Å². The monoisotopic (exact) mass is 264 g/mol. The lowest BCUT2D eigenvalue weighted by atomic mass is 10.1. The molecule has 0 saturated carbocycles. The molecule has 2 heterocycles. The van der Waals surface area contributed by atoms with E-state index in [9.17, 15) is 9.59 Å². The van der Waals surface area contributed by atoms with E-state index in [2.05, 4.69) is 16.7 Å². The minimum Gasteiger partial charge on any atom is -0.355 e. The maximum absolute atomic E-state index is 11.8. The third-order valence-corrected chi connectivity index (χ3v) is 4.82. The number of thiophene rings is 1. The van der Waals surface area contributed by atoms with Crippen molar-refractivity contribution in [1.29, 1.82) is 0 Å². The zero-order valence-electron chi connectivity index (χ0n) is 10.1. The van der Waals surface area contributed by atoms with Gasteiger partial charge in [-0.1, -0.05) is 0 Å². The number of hydrogen-bond donors (Lipinski definition) is 2. The van der Waals surface area contributed by atoms with Crippen LogP contribution in [0.3, 0.4) is 0 Å². The van der Waals surface area contributed by atoms with Gasteiger partial charge in [-0.05, 0) is 30.9 Å². The van der Waals surface area contributed by atoms with Crippen LogP contribution in [0.25, 0.3) is 0 Å². The van der Waals surface area contributed by atoms with Crippen molar-refractivity contribution in [1.82, 2.24) is 10.6 Å². The fraction of sp³-hybridized carbons (Fsp3) is 0.538. The maximum Gasteiger partial charge on any atom is 0.225 e. The van der Waals surface area contributed by atoms with Crippen LogP contribution in [0.2, 0.25) is 0 Å². The number of fused-ring (bicyclic) bond motifs is 1. The van der Waals surface area contributed by atoms with E-state index in [4.69, 9.17) is 0 Å². The van der Waals surface area contributed by atoms with Crippen LogP contribution in [0, 0.1) is 5.92 Å². The van der Waals surface area contributed by atoms with Gasteiger partial charge in [0.2, 0.25) is 11.8 Å². The number of hydrogen-bond acceptors (Lipinski definition) is 3. The topological polar surface area (TPSA) is 58.2 Å². The minimum absolute atomic E-state index is 0.0121. The number of amides is 2. The second-order valence-electron chi connectivity index (χ2n) is 4.94. The summed E-state index contributed by atoms with van der Waals surface area (Å²) in [4.78, 5) is 25.6. The maximum atomic E-state index is 11.8. The van der Waals surface area contributed by atoms with Crippen molar-refractivity contribution in [3.63, 3.8) is 0 Å². The normalized spacial score (nSPS) is 21.8. The lowest BCUT2D eigenvalue weighted by molar-refractivity contribution is -0.126. The third kappa shape index (κ3) is 2.27. The molecule has 96 valence electrons. The summed E-state index contributed by atoms with van der Waals surface area (Å²) >= 11 is 1.81. The molecule has 0 bridgehead atoms. The van der Waals surface area contributed by atoms with Gasteiger partial charge in [0.05, 0.1) is 12.5 Å². The van der Waals surface area contributed by atoms with Crippen molar-refractivity contribution in [3.05, 3.63) is 21.4 Å². The summed E-state index contributed by atoms with van der Waals surface area (Å²) in [5, 5.41) is 5.61. The van der Waals surface area contributed by atoms with E-state index in [1.807, 2.05) is 11.3 Å². The lowest BCUT2D eigenvalue weighted by Gasteiger charge is -2.07. The molecule has 1 aromatic rings. The van der Waals surface area contributed by atoms with E-state index >= 15 is 0 Å². The molecule has 1 aromatic heterocycles. The van der Waals surface area contributed by atoms with E-state index in [-0.39, 0.29) is 17.7 Å². The first-order valence-electron chi connectivity index (χ1n) is 6.37. The Morgan fingerprint density at radius 2 is 2.39 bits per heavy atom. The molecule has 1 atom stereocenters. The van der Waals surface area contributed by atoms with Crippen LogP contribution in [0.5, 0.6) is 0 Å². The van der Waals surface area contributed by atoms with Gasteiger partial charge in [-0.25, -0.2) is 0 Å². The van der Waals surface area contributed by atoms with Gasteiger partial charge in [0.25, 0.3) is 0 Å². The number of carbonyl (C=O) groups is 2. The fourth-order valence-corrected chi connectivity index (χ4v) is 3.79. The van der Waals surface area contributed by atoms with E-state index < -0.39 is 0 Å². The second-order valence-corrected chi connectivity index (χ2v) is 6.16. The molecule has 2 amide bonds.